The summed E-state index contributed by atoms with van der Waals surface area (Å²) in [4.78, 5) is 18.0. The van der Waals surface area contributed by atoms with Gasteiger partial charge in [0.25, 0.3) is 0 Å². The molecule has 0 unspecified atom stereocenters. The van der Waals surface area contributed by atoms with Crippen LogP contribution in [0.2, 0.25) is 0 Å². The number of anilines is 1. The van der Waals surface area contributed by atoms with Crippen molar-refractivity contribution in [1.29, 1.82) is 0 Å². The molecular weight excluding hydrogens is 252 g/mol. The van der Waals surface area contributed by atoms with Crippen LogP contribution in [-0.2, 0) is 11.3 Å². The standard InChI is InChI=1S/C15H26N4O/c1-5-16-14-7-6-13(9-17-14)10-19(4)11-15(20)18-8-12(2)3/h6-7,9,12H,5,8,10-11H2,1-4H3,(H,16,17)(H,18,20). The molecule has 0 fully saturated rings. The molecule has 0 atom stereocenters. The maximum Gasteiger partial charge on any atom is 0.234 e. The maximum atomic E-state index is 11.7. The smallest absolute Gasteiger partial charge is 0.234 e. The molecule has 0 aromatic carbocycles. The molecule has 0 saturated carbocycles. The number of amides is 1. The summed E-state index contributed by atoms with van der Waals surface area (Å²) in [5.41, 5.74) is 1.10. The van der Waals surface area contributed by atoms with Gasteiger partial charge in [0.2, 0.25) is 5.91 Å². The van der Waals surface area contributed by atoms with Crippen molar-refractivity contribution < 1.29 is 4.79 Å². The average molecular weight is 278 g/mol. The fourth-order valence-electron chi connectivity index (χ4n) is 1.79. The fourth-order valence-corrected chi connectivity index (χ4v) is 1.79. The molecule has 1 heterocycles. The number of pyridine rings is 1. The summed E-state index contributed by atoms with van der Waals surface area (Å²) >= 11 is 0. The summed E-state index contributed by atoms with van der Waals surface area (Å²) in [5.74, 6) is 1.43. The molecule has 1 aromatic rings. The third-order valence-electron chi connectivity index (χ3n) is 2.76. The number of rotatable bonds is 8. The van der Waals surface area contributed by atoms with E-state index in [1.165, 1.54) is 0 Å². The van der Waals surface area contributed by atoms with Crippen molar-refractivity contribution in [3.8, 4) is 0 Å². The fraction of sp³-hybridized carbons (Fsp3) is 0.600. The van der Waals surface area contributed by atoms with Crippen LogP contribution in [0.1, 0.15) is 26.3 Å². The highest BCUT2D eigenvalue weighted by Gasteiger charge is 2.07. The van der Waals surface area contributed by atoms with E-state index >= 15 is 0 Å². The van der Waals surface area contributed by atoms with Gasteiger partial charge in [0.05, 0.1) is 6.54 Å². The van der Waals surface area contributed by atoms with Gasteiger partial charge in [-0.15, -0.1) is 0 Å². The van der Waals surface area contributed by atoms with Gasteiger partial charge in [0.15, 0.2) is 0 Å². The van der Waals surface area contributed by atoms with Crippen molar-refractivity contribution in [2.75, 3.05) is 32.0 Å². The summed E-state index contributed by atoms with van der Waals surface area (Å²) in [5, 5.41) is 6.08. The van der Waals surface area contributed by atoms with Gasteiger partial charge >= 0.3 is 0 Å². The molecule has 1 aromatic heterocycles. The highest BCUT2D eigenvalue weighted by molar-refractivity contribution is 5.77. The molecular formula is C15H26N4O. The Hall–Kier alpha value is -1.62. The van der Waals surface area contributed by atoms with Crippen LogP contribution in [0.15, 0.2) is 18.3 Å². The third kappa shape index (κ3) is 6.52. The first-order valence-electron chi connectivity index (χ1n) is 7.15. The van der Waals surface area contributed by atoms with Gasteiger partial charge in [0, 0.05) is 25.8 Å². The molecule has 1 rings (SSSR count). The minimum atomic E-state index is 0.0680. The minimum Gasteiger partial charge on any atom is -0.370 e. The number of carbonyl (C=O) groups is 1. The average Bonchev–Trinajstić information content (AvgIpc) is 2.39. The van der Waals surface area contributed by atoms with Crippen molar-refractivity contribution in [3.05, 3.63) is 23.9 Å². The van der Waals surface area contributed by atoms with E-state index in [0.29, 0.717) is 19.0 Å². The van der Waals surface area contributed by atoms with E-state index in [4.69, 9.17) is 0 Å². The molecule has 0 bridgehead atoms. The Morgan fingerprint density at radius 1 is 1.40 bits per heavy atom. The van der Waals surface area contributed by atoms with Gasteiger partial charge in [-0.2, -0.15) is 0 Å². The first kappa shape index (κ1) is 16.4. The van der Waals surface area contributed by atoms with E-state index in [1.54, 1.807) is 0 Å². The van der Waals surface area contributed by atoms with Crippen LogP contribution in [0.25, 0.3) is 0 Å². The second kappa shape index (κ2) is 8.53. The van der Waals surface area contributed by atoms with Gasteiger partial charge < -0.3 is 10.6 Å². The SMILES string of the molecule is CCNc1ccc(CN(C)CC(=O)NCC(C)C)cn1. The predicted molar refractivity (Wildman–Crippen MR) is 82.6 cm³/mol. The molecule has 0 aliphatic rings. The van der Waals surface area contributed by atoms with Gasteiger partial charge in [-0.05, 0) is 31.5 Å². The third-order valence-corrected chi connectivity index (χ3v) is 2.76. The minimum absolute atomic E-state index is 0.0680. The molecule has 5 nitrogen and oxygen atoms in total. The zero-order valence-electron chi connectivity index (χ0n) is 12.9. The van der Waals surface area contributed by atoms with E-state index in [1.807, 2.05) is 37.2 Å². The van der Waals surface area contributed by atoms with Crippen LogP contribution in [0, 0.1) is 5.92 Å². The molecule has 1 amide bonds. The number of aromatic nitrogens is 1. The van der Waals surface area contributed by atoms with Crippen LogP contribution in [0.4, 0.5) is 5.82 Å². The molecule has 5 heteroatoms. The summed E-state index contributed by atoms with van der Waals surface area (Å²) in [6.45, 7) is 8.92. The van der Waals surface area contributed by atoms with E-state index in [0.717, 1.165) is 24.5 Å². The number of hydrogen-bond acceptors (Lipinski definition) is 4. The monoisotopic (exact) mass is 278 g/mol. The largest absolute Gasteiger partial charge is 0.370 e. The van der Waals surface area contributed by atoms with Crippen LogP contribution in [0.5, 0.6) is 0 Å². The summed E-state index contributed by atoms with van der Waals surface area (Å²) in [7, 11) is 1.94. The predicted octanol–water partition coefficient (Wildman–Crippen LogP) is 1.72. The molecule has 0 radical (unpaired) electrons. The topological polar surface area (TPSA) is 57.3 Å². The van der Waals surface area contributed by atoms with Gasteiger partial charge in [-0.25, -0.2) is 4.98 Å². The molecule has 0 aliphatic heterocycles. The summed E-state index contributed by atoms with van der Waals surface area (Å²) in [6, 6.07) is 4.00. The lowest BCUT2D eigenvalue weighted by molar-refractivity contribution is -0.122. The Balaban J connectivity index is 2.37. The second-order valence-corrected chi connectivity index (χ2v) is 5.45. The van der Waals surface area contributed by atoms with Crippen molar-refractivity contribution >= 4 is 11.7 Å². The van der Waals surface area contributed by atoms with Crippen LogP contribution in [-0.4, -0.2) is 42.5 Å². The van der Waals surface area contributed by atoms with Crippen molar-refractivity contribution in [2.45, 2.75) is 27.3 Å². The van der Waals surface area contributed by atoms with E-state index in [2.05, 4.69) is 29.5 Å². The van der Waals surface area contributed by atoms with Crippen molar-refractivity contribution in [3.63, 3.8) is 0 Å². The number of nitrogens with one attached hydrogen (secondary N) is 2. The Kier molecular flexibility index (Phi) is 7.01. The number of hydrogen-bond donors (Lipinski definition) is 2. The zero-order valence-corrected chi connectivity index (χ0v) is 12.9. The Bertz CT molecular complexity index is 403. The zero-order chi connectivity index (χ0) is 15.0. The number of carbonyl (C=O) groups excluding carboxylic acids is 1. The Morgan fingerprint density at radius 2 is 2.15 bits per heavy atom. The lowest BCUT2D eigenvalue weighted by Crippen LogP contribution is -2.36. The quantitative estimate of drug-likeness (QED) is 0.760. The molecule has 20 heavy (non-hydrogen) atoms. The van der Waals surface area contributed by atoms with Gasteiger partial charge in [0.1, 0.15) is 5.82 Å². The molecule has 2 N–H and O–H groups in total. The number of likely N-dealkylation sites (N-methyl/N-ethyl adjacent to an activating group) is 1. The lowest BCUT2D eigenvalue weighted by Gasteiger charge is -2.17. The van der Waals surface area contributed by atoms with Crippen molar-refractivity contribution in [2.24, 2.45) is 5.92 Å². The van der Waals surface area contributed by atoms with Crippen LogP contribution >= 0.6 is 0 Å². The van der Waals surface area contributed by atoms with Crippen LogP contribution < -0.4 is 10.6 Å². The molecule has 112 valence electrons. The van der Waals surface area contributed by atoms with E-state index in [-0.39, 0.29) is 5.91 Å². The highest BCUT2D eigenvalue weighted by atomic mass is 16.2. The summed E-state index contributed by atoms with van der Waals surface area (Å²) in [6.07, 6.45) is 1.85. The Morgan fingerprint density at radius 3 is 2.70 bits per heavy atom. The van der Waals surface area contributed by atoms with E-state index < -0.39 is 0 Å². The van der Waals surface area contributed by atoms with Crippen molar-refractivity contribution in [1.82, 2.24) is 15.2 Å². The second-order valence-electron chi connectivity index (χ2n) is 5.45. The normalized spacial score (nSPS) is 10.9. The molecule has 0 spiro atoms. The van der Waals surface area contributed by atoms with Gasteiger partial charge in [-0.3, -0.25) is 9.69 Å². The number of nitrogens with zero attached hydrogens (tertiary/aromatic N) is 2. The molecule has 0 aliphatic carbocycles. The highest BCUT2D eigenvalue weighted by Crippen LogP contribution is 2.06. The molecule has 0 saturated heterocycles. The first-order valence-corrected chi connectivity index (χ1v) is 7.15. The maximum absolute atomic E-state index is 11.7. The summed E-state index contributed by atoms with van der Waals surface area (Å²) < 4.78 is 0. The van der Waals surface area contributed by atoms with Crippen LogP contribution in [0.3, 0.4) is 0 Å². The Labute approximate surface area is 121 Å². The van der Waals surface area contributed by atoms with Gasteiger partial charge in [-0.1, -0.05) is 19.9 Å². The first-order chi connectivity index (χ1) is 9.51. The van der Waals surface area contributed by atoms with E-state index in [9.17, 15) is 4.79 Å². The lowest BCUT2D eigenvalue weighted by atomic mass is 10.2.